The molecule has 112 valence electrons. The Morgan fingerprint density at radius 2 is 1.57 bits per heavy atom. The summed E-state index contributed by atoms with van der Waals surface area (Å²) in [5.41, 5.74) is 1.72. The molecule has 0 bridgehead atoms. The molecule has 5 heteroatoms. The summed E-state index contributed by atoms with van der Waals surface area (Å²) in [5, 5.41) is 9.89. The summed E-state index contributed by atoms with van der Waals surface area (Å²) in [6.45, 7) is 3.46. The van der Waals surface area contributed by atoms with Gasteiger partial charge in [-0.3, -0.25) is 0 Å². The Bertz CT molecular complexity index is 679. The third-order valence-electron chi connectivity index (χ3n) is 3.25. The third-order valence-corrected chi connectivity index (χ3v) is 4.71. The highest BCUT2D eigenvalue weighted by Gasteiger charge is 2.24. The highest BCUT2D eigenvalue weighted by Crippen LogP contribution is 2.20. The van der Waals surface area contributed by atoms with E-state index in [0.717, 1.165) is 11.1 Å². The fraction of sp³-hybridized carbons (Fsp3) is 0.250. The van der Waals surface area contributed by atoms with Gasteiger partial charge in [0, 0.05) is 0 Å². The minimum absolute atomic E-state index is 0.190. The van der Waals surface area contributed by atoms with Crippen molar-refractivity contribution >= 4 is 10.0 Å². The first-order chi connectivity index (χ1) is 9.90. The molecular formula is C16H19NO3S. The van der Waals surface area contributed by atoms with Crippen LogP contribution >= 0.6 is 0 Å². The minimum Gasteiger partial charge on any atom is -0.391 e. The first-order valence-electron chi connectivity index (χ1n) is 6.72. The predicted octanol–water partition coefficient (Wildman–Crippen LogP) is 2.40. The molecule has 0 aliphatic carbocycles. The SMILES string of the molecule is Cc1ccc(S(=O)(=O)N[C@H](c2ccccc2)[C@@H](C)O)cc1. The predicted molar refractivity (Wildman–Crippen MR) is 82.4 cm³/mol. The van der Waals surface area contributed by atoms with Crippen LogP contribution in [0.15, 0.2) is 59.5 Å². The summed E-state index contributed by atoms with van der Waals surface area (Å²) < 4.78 is 27.4. The van der Waals surface area contributed by atoms with E-state index in [1.54, 1.807) is 43.3 Å². The molecule has 2 atom stereocenters. The lowest BCUT2D eigenvalue weighted by Crippen LogP contribution is -2.35. The summed E-state index contributed by atoms with van der Waals surface area (Å²) in [6, 6.07) is 15.0. The van der Waals surface area contributed by atoms with Gasteiger partial charge in [0.05, 0.1) is 17.0 Å². The lowest BCUT2D eigenvalue weighted by Gasteiger charge is -2.22. The van der Waals surface area contributed by atoms with Gasteiger partial charge in [-0.1, -0.05) is 48.0 Å². The second-order valence-electron chi connectivity index (χ2n) is 5.06. The van der Waals surface area contributed by atoms with Crippen LogP contribution in [0.2, 0.25) is 0 Å². The Morgan fingerprint density at radius 1 is 1.00 bits per heavy atom. The largest absolute Gasteiger partial charge is 0.391 e. The van der Waals surface area contributed by atoms with Crippen molar-refractivity contribution in [2.24, 2.45) is 0 Å². The van der Waals surface area contributed by atoms with Crippen LogP contribution in [0, 0.1) is 6.92 Å². The Labute approximate surface area is 125 Å². The van der Waals surface area contributed by atoms with Crippen molar-refractivity contribution in [1.82, 2.24) is 4.72 Å². The molecule has 2 N–H and O–H groups in total. The van der Waals surface area contributed by atoms with Crippen LogP contribution < -0.4 is 4.72 Å². The van der Waals surface area contributed by atoms with E-state index in [9.17, 15) is 13.5 Å². The molecule has 0 amide bonds. The molecule has 0 fully saturated rings. The van der Waals surface area contributed by atoms with Gasteiger partial charge in [-0.25, -0.2) is 13.1 Å². The van der Waals surface area contributed by atoms with Crippen molar-refractivity contribution in [3.8, 4) is 0 Å². The summed E-state index contributed by atoms with van der Waals surface area (Å²) in [5.74, 6) is 0. The van der Waals surface area contributed by atoms with E-state index >= 15 is 0 Å². The van der Waals surface area contributed by atoms with Gasteiger partial charge in [-0.15, -0.1) is 0 Å². The number of hydrogen-bond donors (Lipinski definition) is 2. The maximum Gasteiger partial charge on any atom is 0.241 e. The monoisotopic (exact) mass is 305 g/mol. The van der Waals surface area contributed by atoms with Crippen molar-refractivity contribution in [1.29, 1.82) is 0 Å². The third kappa shape index (κ3) is 3.91. The number of aliphatic hydroxyl groups excluding tert-OH is 1. The normalized spacial score (nSPS) is 14.6. The zero-order valence-corrected chi connectivity index (χ0v) is 12.8. The molecular weight excluding hydrogens is 286 g/mol. The molecule has 0 aliphatic rings. The molecule has 0 aromatic heterocycles. The summed E-state index contributed by atoms with van der Waals surface area (Å²) in [4.78, 5) is 0.190. The van der Waals surface area contributed by atoms with Gasteiger partial charge in [0.1, 0.15) is 0 Å². The number of aliphatic hydroxyl groups is 1. The maximum atomic E-state index is 12.4. The summed E-state index contributed by atoms with van der Waals surface area (Å²) in [7, 11) is -3.68. The average Bonchev–Trinajstić information content (AvgIpc) is 2.46. The molecule has 0 radical (unpaired) electrons. The number of sulfonamides is 1. The average molecular weight is 305 g/mol. The van der Waals surface area contributed by atoms with Gasteiger partial charge in [0.15, 0.2) is 0 Å². The van der Waals surface area contributed by atoms with E-state index in [-0.39, 0.29) is 4.90 Å². The van der Waals surface area contributed by atoms with Crippen molar-refractivity contribution in [2.45, 2.75) is 30.9 Å². The van der Waals surface area contributed by atoms with E-state index in [1.165, 1.54) is 0 Å². The minimum atomic E-state index is -3.68. The Kier molecular flexibility index (Phi) is 4.77. The number of nitrogens with one attached hydrogen (secondary N) is 1. The number of aryl methyl sites for hydroxylation is 1. The van der Waals surface area contributed by atoms with E-state index in [4.69, 9.17) is 0 Å². The van der Waals surface area contributed by atoms with Gasteiger partial charge >= 0.3 is 0 Å². The molecule has 21 heavy (non-hydrogen) atoms. The fourth-order valence-corrected chi connectivity index (χ4v) is 3.36. The van der Waals surface area contributed by atoms with Crippen molar-refractivity contribution < 1.29 is 13.5 Å². The number of rotatable bonds is 5. The zero-order valence-electron chi connectivity index (χ0n) is 12.0. The topological polar surface area (TPSA) is 66.4 Å². The Morgan fingerprint density at radius 3 is 2.10 bits per heavy atom. The molecule has 4 nitrogen and oxygen atoms in total. The van der Waals surface area contributed by atoms with Gasteiger partial charge in [0.25, 0.3) is 0 Å². The highest BCUT2D eigenvalue weighted by molar-refractivity contribution is 7.89. The van der Waals surface area contributed by atoms with Crippen molar-refractivity contribution in [3.63, 3.8) is 0 Å². The van der Waals surface area contributed by atoms with E-state index in [1.807, 2.05) is 25.1 Å². The molecule has 0 unspecified atom stereocenters. The molecule has 0 saturated carbocycles. The van der Waals surface area contributed by atoms with E-state index in [0.29, 0.717) is 0 Å². The van der Waals surface area contributed by atoms with Crippen LogP contribution in [-0.4, -0.2) is 19.6 Å². The number of hydrogen-bond acceptors (Lipinski definition) is 3. The van der Waals surface area contributed by atoms with E-state index in [2.05, 4.69) is 4.72 Å². The van der Waals surface area contributed by atoms with Gasteiger partial charge in [-0.2, -0.15) is 0 Å². The summed E-state index contributed by atoms with van der Waals surface area (Å²) in [6.07, 6.45) is -0.840. The molecule has 2 aromatic carbocycles. The van der Waals surface area contributed by atoms with Crippen LogP contribution in [0.3, 0.4) is 0 Å². The molecule has 0 spiro atoms. The Balaban J connectivity index is 2.30. The molecule has 0 heterocycles. The van der Waals surface area contributed by atoms with Gasteiger partial charge in [0.2, 0.25) is 10.0 Å². The number of benzene rings is 2. The molecule has 0 saturated heterocycles. The van der Waals surface area contributed by atoms with Crippen LogP contribution in [-0.2, 0) is 10.0 Å². The first-order valence-corrected chi connectivity index (χ1v) is 8.20. The lowest BCUT2D eigenvalue weighted by atomic mass is 10.0. The quantitative estimate of drug-likeness (QED) is 0.891. The Hall–Kier alpha value is -1.69. The smallest absolute Gasteiger partial charge is 0.241 e. The van der Waals surface area contributed by atoms with Crippen LogP contribution in [0.25, 0.3) is 0 Å². The van der Waals surface area contributed by atoms with Crippen molar-refractivity contribution in [3.05, 3.63) is 65.7 Å². The van der Waals surface area contributed by atoms with Crippen LogP contribution in [0.1, 0.15) is 24.1 Å². The standard InChI is InChI=1S/C16H19NO3S/c1-12-8-10-15(11-9-12)21(19,20)17-16(13(2)18)14-6-4-3-5-7-14/h3-11,13,16-18H,1-2H3/t13-,16+/m1/s1. The fourth-order valence-electron chi connectivity index (χ4n) is 2.06. The lowest BCUT2D eigenvalue weighted by molar-refractivity contribution is 0.156. The molecule has 2 aromatic rings. The van der Waals surface area contributed by atoms with Crippen LogP contribution in [0.4, 0.5) is 0 Å². The summed E-state index contributed by atoms with van der Waals surface area (Å²) >= 11 is 0. The first kappa shape index (κ1) is 15.7. The molecule has 0 aliphatic heterocycles. The second kappa shape index (κ2) is 6.39. The maximum absolute atomic E-state index is 12.4. The highest BCUT2D eigenvalue weighted by atomic mass is 32.2. The van der Waals surface area contributed by atoms with Gasteiger partial charge in [-0.05, 0) is 31.5 Å². The van der Waals surface area contributed by atoms with Crippen molar-refractivity contribution in [2.75, 3.05) is 0 Å². The second-order valence-corrected chi connectivity index (χ2v) is 6.78. The zero-order chi connectivity index (χ0) is 15.5. The van der Waals surface area contributed by atoms with Gasteiger partial charge < -0.3 is 5.11 Å². The van der Waals surface area contributed by atoms with Crippen LogP contribution in [0.5, 0.6) is 0 Å². The molecule has 2 rings (SSSR count). The van der Waals surface area contributed by atoms with E-state index < -0.39 is 22.2 Å².